The van der Waals surface area contributed by atoms with Crippen LogP contribution in [0.15, 0.2) is 67.0 Å². The van der Waals surface area contributed by atoms with Gasteiger partial charge in [0.25, 0.3) is 5.91 Å². The highest BCUT2D eigenvalue weighted by molar-refractivity contribution is 5.94. The Morgan fingerprint density at radius 3 is 2.62 bits per heavy atom. The zero-order valence-electron chi connectivity index (χ0n) is 19.3. The van der Waals surface area contributed by atoms with Gasteiger partial charge in [0.1, 0.15) is 17.3 Å². The maximum absolute atomic E-state index is 13.5. The van der Waals surface area contributed by atoms with E-state index in [1.807, 2.05) is 35.3 Å². The third-order valence-corrected chi connectivity index (χ3v) is 6.31. The molecule has 0 aliphatic carbocycles. The van der Waals surface area contributed by atoms with E-state index in [0.29, 0.717) is 18.8 Å². The lowest BCUT2D eigenvalue weighted by Crippen LogP contribution is -2.27. The molecule has 0 unspecified atom stereocenters. The van der Waals surface area contributed by atoms with Crippen molar-refractivity contribution in [2.75, 3.05) is 7.05 Å². The van der Waals surface area contributed by atoms with Crippen molar-refractivity contribution in [3.8, 4) is 11.4 Å². The Labute approximate surface area is 198 Å². The molecule has 2 aromatic heterocycles. The van der Waals surface area contributed by atoms with Crippen molar-refractivity contribution >= 4 is 5.91 Å². The lowest BCUT2D eigenvalue weighted by molar-refractivity contribution is 0.0778. The second kappa shape index (κ2) is 9.63. The van der Waals surface area contributed by atoms with Crippen LogP contribution in [0.3, 0.4) is 0 Å². The summed E-state index contributed by atoms with van der Waals surface area (Å²) in [6.07, 6.45) is 7.80. The fraction of sp³-hybridized carbons (Fsp3) is 0.296. The smallest absolute Gasteiger partial charge is 0.274 e. The molecule has 2 aromatic carbocycles. The van der Waals surface area contributed by atoms with Crippen molar-refractivity contribution in [1.82, 2.24) is 24.2 Å². The predicted octanol–water partition coefficient (Wildman–Crippen LogP) is 4.93. The quantitative estimate of drug-likeness (QED) is 0.412. The standard InChI is InChI=1S/C27H28FN5O/c1-31(17-21-16-29-32(19-21)18-20-8-4-2-5-9-20)27(34)25-24-10-6-3-7-15-33(24)26(30-25)22-11-13-23(28)14-12-22/h2,4-5,8-9,11-14,16,19H,3,6-7,10,15,17-18H2,1H3. The number of hydrogen-bond acceptors (Lipinski definition) is 3. The second-order valence-corrected chi connectivity index (χ2v) is 8.89. The molecule has 0 spiro atoms. The van der Waals surface area contributed by atoms with Crippen LogP contribution in [0.4, 0.5) is 4.39 Å². The van der Waals surface area contributed by atoms with E-state index in [1.54, 1.807) is 24.1 Å². The molecule has 1 aliphatic heterocycles. The molecule has 1 aliphatic rings. The molecule has 0 radical (unpaired) electrons. The minimum absolute atomic E-state index is 0.102. The highest BCUT2D eigenvalue weighted by Gasteiger charge is 2.26. The van der Waals surface area contributed by atoms with Gasteiger partial charge in [0.05, 0.1) is 18.4 Å². The maximum atomic E-state index is 13.5. The van der Waals surface area contributed by atoms with Gasteiger partial charge >= 0.3 is 0 Å². The number of hydrogen-bond donors (Lipinski definition) is 0. The van der Waals surface area contributed by atoms with Crippen LogP contribution in [-0.4, -0.2) is 37.2 Å². The summed E-state index contributed by atoms with van der Waals surface area (Å²) >= 11 is 0. The highest BCUT2D eigenvalue weighted by Crippen LogP contribution is 2.28. The number of nitrogens with zero attached hydrogens (tertiary/aromatic N) is 5. The molecule has 174 valence electrons. The second-order valence-electron chi connectivity index (χ2n) is 8.89. The van der Waals surface area contributed by atoms with Gasteiger partial charge < -0.3 is 9.47 Å². The van der Waals surface area contributed by atoms with Crippen LogP contribution >= 0.6 is 0 Å². The molecule has 0 atom stereocenters. The van der Waals surface area contributed by atoms with Crippen molar-refractivity contribution < 1.29 is 9.18 Å². The predicted molar refractivity (Wildman–Crippen MR) is 129 cm³/mol. The summed E-state index contributed by atoms with van der Waals surface area (Å²) in [6, 6.07) is 16.5. The zero-order chi connectivity index (χ0) is 23.5. The van der Waals surface area contributed by atoms with Crippen LogP contribution in [0.1, 0.15) is 46.6 Å². The van der Waals surface area contributed by atoms with Crippen molar-refractivity contribution in [1.29, 1.82) is 0 Å². The van der Waals surface area contributed by atoms with Gasteiger partial charge in [0.2, 0.25) is 0 Å². The molecule has 0 saturated carbocycles. The fourth-order valence-corrected chi connectivity index (χ4v) is 4.58. The largest absolute Gasteiger partial charge is 0.336 e. The summed E-state index contributed by atoms with van der Waals surface area (Å²) in [7, 11) is 1.80. The molecule has 4 aromatic rings. The molecule has 0 fully saturated rings. The van der Waals surface area contributed by atoms with Crippen molar-refractivity contribution in [3.63, 3.8) is 0 Å². The van der Waals surface area contributed by atoms with E-state index >= 15 is 0 Å². The number of carbonyl (C=O) groups is 1. The van der Waals surface area contributed by atoms with Gasteiger partial charge in [-0.2, -0.15) is 5.10 Å². The summed E-state index contributed by atoms with van der Waals surface area (Å²) < 4.78 is 17.5. The number of imidazole rings is 1. The number of halogens is 1. The lowest BCUT2D eigenvalue weighted by atomic mass is 10.1. The molecular formula is C27H28FN5O. The normalized spacial score (nSPS) is 13.4. The molecule has 34 heavy (non-hydrogen) atoms. The third-order valence-electron chi connectivity index (χ3n) is 6.31. The van der Waals surface area contributed by atoms with Gasteiger partial charge in [-0.15, -0.1) is 0 Å². The number of benzene rings is 2. The van der Waals surface area contributed by atoms with Crippen LogP contribution in [0, 0.1) is 5.82 Å². The molecule has 0 N–H and O–H groups in total. The van der Waals surface area contributed by atoms with Gasteiger partial charge in [-0.3, -0.25) is 9.48 Å². The van der Waals surface area contributed by atoms with E-state index in [1.165, 1.54) is 17.7 Å². The van der Waals surface area contributed by atoms with Crippen LogP contribution in [0.25, 0.3) is 11.4 Å². The summed E-state index contributed by atoms with van der Waals surface area (Å²) in [4.78, 5) is 20.0. The maximum Gasteiger partial charge on any atom is 0.274 e. The van der Waals surface area contributed by atoms with Gasteiger partial charge in [0, 0.05) is 37.5 Å². The fourth-order valence-electron chi connectivity index (χ4n) is 4.58. The number of aromatic nitrogens is 4. The Bertz CT molecular complexity index is 1280. The molecule has 0 saturated heterocycles. The number of carbonyl (C=O) groups excluding carboxylic acids is 1. The molecule has 0 bridgehead atoms. The molecule has 1 amide bonds. The Kier molecular flexibility index (Phi) is 6.25. The van der Waals surface area contributed by atoms with Gasteiger partial charge in [-0.05, 0) is 49.1 Å². The first kappa shape index (κ1) is 22.1. The van der Waals surface area contributed by atoms with Crippen LogP contribution in [0.2, 0.25) is 0 Å². The van der Waals surface area contributed by atoms with E-state index in [9.17, 15) is 9.18 Å². The van der Waals surface area contributed by atoms with Crippen LogP contribution in [0.5, 0.6) is 0 Å². The van der Waals surface area contributed by atoms with Crippen LogP contribution < -0.4 is 0 Å². The summed E-state index contributed by atoms with van der Waals surface area (Å²) in [5, 5.41) is 4.46. The van der Waals surface area contributed by atoms with E-state index in [-0.39, 0.29) is 11.7 Å². The van der Waals surface area contributed by atoms with E-state index < -0.39 is 0 Å². The average Bonchev–Trinajstić information content (AvgIpc) is 3.35. The first-order valence-electron chi connectivity index (χ1n) is 11.7. The molecule has 7 heteroatoms. The zero-order valence-corrected chi connectivity index (χ0v) is 19.3. The minimum Gasteiger partial charge on any atom is -0.336 e. The van der Waals surface area contributed by atoms with E-state index in [2.05, 4.69) is 21.8 Å². The SMILES string of the molecule is CN(Cc1cnn(Cc2ccccc2)c1)C(=O)c1nc(-c2ccc(F)cc2)n2c1CCCCC2. The Morgan fingerprint density at radius 2 is 1.82 bits per heavy atom. The molecular weight excluding hydrogens is 429 g/mol. The molecule has 5 rings (SSSR count). The van der Waals surface area contributed by atoms with Crippen molar-refractivity contribution in [2.24, 2.45) is 0 Å². The lowest BCUT2D eigenvalue weighted by Gasteiger charge is -2.16. The summed E-state index contributed by atoms with van der Waals surface area (Å²) in [5.74, 6) is 0.356. The third kappa shape index (κ3) is 4.64. The number of amides is 1. The monoisotopic (exact) mass is 457 g/mol. The van der Waals surface area contributed by atoms with Gasteiger partial charge in [0.15, 0.2) is 0 Å². The summed E-state index contributed by atoms with van der Waals surface area (Å²) in [5.41, 5.74) is 4.45. The van der Waals surface area contributed by atoms with E-state index in [0.717, 1.165) is 54.9 Å². The van der Waals surface area contributed by atoms with Crippen molar-refractivity contribution in [3.05, 3.63) is 95.3 Å². The number of rotatable bonds is 6. The number of fused-ring (bicyclic) bond motifs is 1. The highest BCUT2D eigenvalue weighted by atomic mass is 19.1. The van der Waals surface area contributed by atoms with E-state index in [4.69, 9.17) is 4.98 Å². The first-order valence-corrected chi connectivity index (χ1v) is 11.7. The van der Waals surface area contributed by atoms with Gasteiger partial charge in [-0.1, -0.05) is 36.8 Å². The average molecular weight is 458 g/mol. The topological polar surface area (TPSA) is 56.0 Å². The van der Waals surface area contributed by atoms with Crippen molar-refractivity contribution in [2.45, 2.75) is 45.3 Å². The first-order chi connectivity index (χ1) is 16.6. The van der Waals surface area contributed by atoms with Crippen LogP contribution in [-0.2, 0) is 26.1 Å². The molecule has 6 nitrogen and oxygen atoms in total. The Hall–Kier alpha value is -3.74. The summed E-state index contributed by atoms with van der Waals surface area (Å²) in [6.45, 7) is 1.96. The molecule has 3 heterocycles. The Balaban J connectivity index is 1.37. The Morgan fingerprint density at radius 1 is 1.03 bits per heavy atom. The van der Waals surface area contributed by atoms with Gasteiger partial charge in [-0.25, -0.2) is 9.37 Å². The minimum atomic E-state index is -0.282.